The van der Waals surface area contributed by atoms with Crippen LogP contribution in [0.25, 0.3) is 0 Å². The van der Waals surface area contributed by atoms with Gasteiger partial charge < -0.3 is 10.4 Å². The molecule has 2 fully saturated rings. The summed E-state index contributed by atoms with van der Waals surface area (Å²) in [5, 5.41) is 11.9. The highest BCUT2D eigenvalue weighted by Gasteiger charge is 2.63. The first-order valence-corrected chi connectivity index (χ1v) is 6.31. The SMILES string of the molecule is C[C@H](NCC12CCC(CC1=O)C2(C)C)C(=O)O. The number of carbonyl (C=O) groups is 2. The first-order chi connectivity index (χ1) is 7.81. The molecule has 0 heterocycles. The molecule has 4 nitrogen and oxygen atoms in total. The summed E-state index contributed by atoms with van der Waals surface area (Å²) < 4.78 is 0. The van der Waals surface area contributed by atoms with Crippen molar-refractivity contribution in [2.75, 3.05) is 6.54 Å². The van der Waals surface area contributed by atoms with Crippen LogP contribution in [0.5, 0.6) is 0 Å². The van der Waals surface area contributed by atoms with Crippen molar-refractivity contribution in [2.45, 2.75) is 46.1 Å². The number of nitrogens with one attached hydrogen (secondary N) is 1. The number of ketones is 1. The lowest BCUT2D eigenvalue weighted by atomic mass is 9.69. The molecule has 0 aromatic heterocycles. The molecule has 4 heteroatoms. The van der Waals surface area contributed by atoms with Gasteiger partial charge in [-0.25, -0.2) is 0 Å². The van der Waals surface area contributed by atoms with Gasteiger partial charge in [-0.3, -0.25) is 9.59 Å². The minimum atomic E-state index is -0.862. The fraction of sp³-hybridized carbons (Fsp3) is 0.846. The number of carbonyl (C=O) groups excluding carboxylic acids is 1. The molecule has 17 heavy (non-hydrogen) atoms. The number of carboxylic acids is 1. The number of hydrogen-bond donors (Lipinski definition) is 2. The molecule has 2 aliphatic rings. The van der Waals surface area contributed by atoms with E-state index in [9.17, 15) is 9.59 Å². The minimum Gasteiger partial charge on any atom is -0.480 e. The summed E-state index contributed by atoms with van der Waals surface area (Å²) in [6, 6.07) is -0.590. The van der Waals surface area contributed by atoms with Gasteiger partial charge in [-0.2, -0.15) is 0 Å². The maximum atomic E-state index is 12.2. The van der Waals surface area contributed by atoms with Gasteiger partial charge >= 0.3 is 5.97 Å². The van der Waals surface area contributed by atoms with Crippen molar-refractivity contribution >= 4 is 11.8 Å². The second-order valence-corrected chi connectivity index (χ2v) is 6.11. The van der Waals surface area contributed by atoms with Crippen molar-refractivity contribution in [3.8, 4) is 0 Å². The molecule has 2 N–H and O–H groups in total. The zero-order chi connectivity index (χ0) is 12.8. The number of carboxylic acid groups (broad SMARTS) is 1. The summed E-state index contributed by atoms with van der Waals surface area (Å²) in [4.78, 5) is 23.0. The molecular weight excluding hydrogens is 218 g/mol. The quantitative estimate of drug-likeness (QED) is 0.779. The van der Waals surface area contributed by atoms with E-state index in [1.807, 2.05) is 0 Å². The highest BCUT2D eigenvalue weighted by atomic mass is 16.4. The Bertz CT molecular complexity index is 364. The summed E-state index contributed by atoms with van der Waals surface area (Å²) in [5.74, 6) is -0.0556. The Hall–Kier alpha value is -0.900. The van der Waals surface area contributed by atoms with Crippen LogP contribution in [0.1, 0.15) is 40.0 Å². The number of Topliss-reactive ketones (excluding diaryl/α,β-unsaturated/α-hetero) is 1. The van der Waals surface area contributed by atoms with Crippen molar-refractivity contribution in [3.63, 3.8) is 0 Å². The maximum Gasteiger partial charge on any atom is 0.320 e. The molecule has 0 saturated heterocycles. The van der Waals surface area contributed by atoms with E-state index >= 15 is 0 Å². The van der Waals surface area contributed by atoms with Crippen molar-refractivity contribution in [1.82, 2.24) is 5.32 Å². The summed E-state index contributed by atoms with van der Waals surface area (Å²) >= 11 is 0. The molecule has 2 bridgehead atoms. The second-order valence-electron chi connectivity index (χ2n) is 6.11. The lowest BCUT2D eigenvalue weighted by Crippen LogP contribution is -2.48. The molecule has 0 amide bonds. The number of aliphatic carboxylic acids is 1. The zero-order valence-electron chi connectivity index (χ0n) is 10.7. The van der Waals surface area contributed by atoms with Crippen LogP contribution in [0.2, 0.25) is 0 Å². The van der Waals surface area contributed by atoms with Gasteiger partial charge in [-0.15, -0.1) is 0 Å². The van der Waals surface area contributed by atoms with Gasteiger partial charge in [0.15, 0.2) is 0 Å². The number of rotatable bonds is 4. The topological polar surface area (TPSA) is 66.4 Å². The van der Waals surface area contributed by atoms with Crippen molar-refractivity contribution in [2.24, 2.45) is 16.7 Å². The third-order valence-electron chi connectivity index (χ3n) is 5.22. The first kappa shape index (κ1) is 12.6. The molecule has 0 spiro atoms. The molecule has 0 aromatic rings. The Morgan fingerprint density at radius 3 is 2.65 bits per heavy atom. The van der Waals surface area contributed by atoms with Gasteiger partial charge in [0, 0.05) is 18.4 Å². The molecule has 96 valence electrons. The summed E-state index contributed by atoms with van der Waals surface area (Å²) in [7, 11) is 0. The van der Waals surface area contributed by atoms with Crippen LogP contribution < -0.4 is 5.32 Å². The van der Waals surface area contributed by atoms with Gasteiger partial charge in [0.05, 0.1) is 0 Å². The second kappa shape index (κ2) is 3.80. The smallest absolute Gasteiger partial charge is 0.320 e. The van der Waals surface area contributed by atoms with E-state index in [-0.39, 0.29) is 10.8 Å². The normalized spacial score (nSPS) is 36.2. The fourth-order valence-corrected chi connectivity index (χ4v) is 3.60. The average Bonchev–Trinajstić information content (AvgIpc) is 2.59. The highest BCUT2D eigenvalue weighted by Crippen LogP contribution is 2.63. The molecule has 0 aromatic carbocycles. The first-order valence-electron chi connectivity index (χ1n) is 6.31. The molecule has 3 atom stereocenters. The van der Waals surface area contributed by atoms with E-state index in [0.29, 0.717) is 24.7 Å². The summed E-state index contributed by atoms with van der Waals surface area (Å²) in [6.07, 6.45) is 2.68. The fourth-order valence-electron chi connectivity index (χ4n) is 3.60. The van der Waals surface area contributed by atoms with E-state index in [1.54, 1.807) is 6.92 Å². The Kier molecular flexibility index (Phi) is 2.81. The average molecular weight is 239 g/mol. The number of hydrogen-bond acceptors (Lipinski definition) is 3. The minimum absolute atomic E-state index is 0.00923. The van der Waals surface area contributed by atoms with Gasteiger partial charge in [0.2, 0.25) is 0 Å². The molecular formula is C13H21NO3. The molecule has 2 saturated carbocycles. The summed E-state index contributed by atoms with van der Waals surface area (Å²) in [6.45, 7) is 6.44. The maximum absolute atomic E-state index is 12.2. The van der Waals surface area contributed by atoms with Crippen molar-refractivity contribution in [3.05, 3.63) is 0 Å². The van der Waals surface area contributed by atoms with Crippen LogP contribution in [0.15, 0.2) is 0 Å². The van der Waals surface area contributed by atoms with Crippen LogP contribution in [0.3, 0.4) is 0 Å². The van der Waals surface area contributed by atoms with Gasteiger partial charge in [0.1, 0.15) is 11.8 Å². The van der Waals surface area contributed by atoms with Crippen LogP contribution in [-0.4, -0.2) is 29.4 Å². The molecule has 2 aliphatic carbocycles. The van der Waals surface area contributed by atoms with E-state index in [2.05, 4.69) is 19.2 Å². The largest absolute Gasteiger partial charge is 0.480 e. The Labute approximate surface area is 102 Å². The van der Waals surface area contributed by atoms with Crippen LogP contribution in [0.4, 0.5) is 0 Å². The van der Waals surface area contributed by atoms with E-state index in [4.69, 9.17) is 5.11 Å². The Morgan fingerprint density at radius 2 is 2.24 bits per heavy atom. The van der Waals surface area contributed by atoms with E-state index in [1.165, 1.54) is 0 Å². The van der Waals surface area contributed by atoms with Gasteiger partial charge in [-0.1, -0.05) is 13.8 Å². The van der Waals surface area contributed by atoms with Gasteiger partial charge in [-0.05, 0) is 31.1 Å². The van der Waals surface area contributed by atoms with Crippen molar-refractivity contribution in [1.29, 1.82) is 0 Å². The predicted molar refractivity (Wildman–Crippen MR) is 63.7 cm³/mol. The highest BCUT2D eigenvalue weighted by molar-refractivity contribution is 5.90. The molecule has 2 rings (SSSR count). The predicted octanol–water partition coefficient (Wildman–Crippen LogP) is 1.44. The lowest BCUT2D eigenvalue weighted by molar-refractivity contribution is -0.140. The molecule has 0 radical (unpaired) electrons. The third-order valence-corrected chi connectivity index (χ3v) is 5.22. The summed E-state index contributed by atoms with van der Waals surface area (Å²) in [5.41, 5.74) is -0.323. The van der Waals surface area contributed by atoms with Gasteiger partial charge in [0.25, 0.3) is 0 Å². The van der Waals surface area contributed by atoms with Crippen LogP contribution in [0, 0.1) is 16.7 Å². The Morgan fingerprint density at radius 1 is 1.59 bits per heavy atom. The van der Waals surface area contributed by atoms with Crippen LogP contribution in [-0.2, 0) is 9.59 Å². The lowest BCUT2D eigenvalue weighted by Gasteiger charge is -2.37. The zero-order valence-corrected chi connectivity index (χ0v) is 10.7. The van der Waals surface area contributed by atoms with E-state index in [0.717, 1.165) is 12.8 Å². The molecule has 2 unspecified atom stereocenters. The van der Waals surface area contributed by atoms with Crippen molar-refractivity contribution < 1.29 is 14.7 Å². The monoisotopic (exact) mass is 239 g/mol. The standard InChI is InChI=1S/C13H21NO3/c1-8(11(16)17)14-7-13-5-4-9(6-10(13)15)12(13,2)3/h8-9,14H,4-7H2,1-3H3,(H,16,17)/t8-,9?,13?/m0/s1. The van der Waals surface area contributed by atoms with E-state index < -0.39 is 12.0 Å². The third kappa shape index (κ3) is 1.61. The number of fused-ring (bicyclic) bond motifs is 2. The van der Waals surface area contributed by atoms with Crippen LogP contribution >= 0.6 is 0 Å². The molecule has 0 aliphatic heterocycles. The Balaban J connectivity index is 2.13.